The quantitative estimate of drug-likeness (QED) is 0.487. The van der Waals surface area contributed by atoms with Gasteiger partial charge < -0.3 is 15.7 Å². The van der Waals surface area contributed by atoms with Crippen LogP contribution in [-0.4, -0.2) is 15.8 Å². The van der Waals surface area contributed by atoms with Crippen LogP contribution in [0.1, 0.15) is 6.92 Å². The minimum atomic E-state index is -0.363. The van der Waals surface area contributed by atoms with Crippen molar-refractivity contribution < 1.29 is 9.90 Å². The molecule has 0 aromatic heterocycles. The molecule has 0 bridgehead atoms. The smallest absolute Gasteiger partial charge is 0.237 e. The number of carbonyl (C=O) groups excluding carboxylic acids is 1. The fraction of sp³-hybridized carbons (Fsp3) is 0.133. The maximum atomic E-state index is 11.7. The monoisotopic (exact) mass is 402 g/mol. The second-order valence-electron chi connectivity index (χ2n) is 4.59. The lowest BCUT2D eigenvalue weighted by Crippen LogP contribution is -2.20. The Hall–Kier alpha value is -1.43. The number of carbonyl (C=O) groups is 1. The number of hydrogen-bond donors (Lipinski definition) is 3. The van der Waals surface area contributed by atoms with Crippen LogP contribution >= 0.6 is 39.1 Å². The topological polar surface area (TPSA) is 61.4 Å². The molecule has 0 saturated heterocycles. The van der Waals surface area contributed by atoms with Gasteiger partial charge in [0, 0.05) is 16.8 Å². The summed E-state index contributed by atoms with van der Waals surface area (Å²) in [6, 6.07) is 9.95. The van der Waals surface area contributed by atoms with Crippen molar-refractivity contribution in [3.63, 3.8) is 0 Å². The molecule has 2 aromatic carbocycles. The van der Waals surface area contributed by atoms with Crippen LogP contribution in [0, 0.1) is 0 Å². The predicted octanol–water partition coefficient (Wildman–Crippen LogP) is 5.16. The Bertz CT molecular complexity index is 691. The van der Waals surface area contributed by atoms with E-state index in [0.29, 0.717) is 21.4 Å². The van der Waals surface area contributed by atoms with Gasteiger partial charge in [-0.3, -0.25) is 4.79 Å². The highest BCUT2D eigenvalue weighted by Gasteiger charge is 2.13. The molecule has 2 rings (SSSR count). The Labute approximate surface area is 146 Å². The van der Waals surface area contributed by atoms with Gasteiger partial charge in [-0.25, -0.2) is 0 Å². The molecule has 0 aliphatic rings. The van der Waals surface area contributed by atoms with Crippen LogP contribution in [-0.2, 0) is 4.79 Å². The first-order valence-electron chi connectivity index (χ1n) is 6.37. The van der Waals surface area contributed by atoms with E-state index >= 15 is 0 Å². The number of benzene rings is 2. The number of nitrogens with one attached hydrogen (secondary N) is 2. The van der Waals surface area contributed by atoms with Gasteiger partial charge >= 0.3 is 0 Å². The molecule has 1 atom stereocenters. The van der Waals surface area contributed by atoms with Crippen LogP contribution in [0.4, 0.5) is 17.1 Å². The van der Waals surface area contributed by atoms with Crippen molar-refractivity contribution in [1.29, 1.82) is 0 Å². The van der Waals surface area contributed by atoms with E-state index in [2.05, 4.69) is 26.6 Å². The maximum Gasteiger partial charge on any atom is 0.237 e. The van der Waals surface area contributed by atoms with Crippen molar-refractivity contribution in [3.8, 4) is 5.75 Å². The third-order valence-corrected chi connectivity index (χ3v) is 3.81. The predicted molar refractivity (Wildman–Crippen MR) is 94.9 cm³/mol. The first kappa shape index (κ1) is 16.9. The molecule has 0 spiro atoms. The standard InChI is InChI=1S/C15H13BrCl2N2O2/c1-8(16)15(22)20-12-7-14(21)13(6-11(12)18)19-10-4-2-9(17)3-5-10/h2-8,19,21H,1H3,(H,20,22). The first-order valence-corrected chi connectivity index (χ1v) is 8.04. The van der Waals surface area contributed by atoms with Crippen molar-refractivity contribution >= 4 is 62.1 Å². The highest BCUT2D eigenvalue weighted by molar-refractivity contribution is 9.10. The summed E-state index contributed by atoms with van der Waals surface area (Å²) in [4.78, 5) is 11.3. The van der Waals surface area contributed by atoms with Crippen LogP contribution < -0.4 is 10.6 Å². The molecule has 0 saturated carbocycles. The summed E-state index contributed by atoms with van der Waals surface area (Å²) in [5, 5.41) is 16.7. The number of amides is 1. The van der Waals surface area contributed by atoms with E-state index in [-0.39, 0.29) is 16.5 Å². The molecule has 1 unspecified atom stereocenters. The van der Waals surface area contributed by atoms with Gasteiger partial charge in [0.25, 0.3) is 0 Å². The third-order valence-electron chi connectivity index (χ3n) is 2.83. The number of halogens is 3. The van der Waals surface area contributed by atoms with Crippen LogP contribution in [0.25, 0.3) is 0 Å². The average Bonchev–Trinajstić information content (AvgIpc) is 2.46. The Kier molecular flexibility index (Phi) is 5.56. The van der Waals surface area contributed by atoms with Crippen molar-refractivity contribution in [1.82, 2.24) is 0 Å². The fourth-order valence-electron chi connectivity index (χ4n) is 1.68. The molecule has 7 heteroatoms. The van der Waals surface area contributed by atoms with Gasteiger partial charge in [0.15, 0.2) is 0 Å². The number of rotatable bonds is 4. The highest BCUT2D eigenvalue weighted by Crippen LogP contribution is 2.35. The van der Waals surface area contributed by atoms with E-state index in [1.165, 1.54) is 6.07 Å². The number of alkyl halides is 1. The Morgan fingerprint density at radius 3 is 2.41 bits per heavy atom. The molecule has 116 valence electrons. The molecule has 2 aromatic rings. The normalized spacial score (nSPS) is 11.8. The Morgan fingerprint density at radius 2 is 1.82 bits per heavy atom. The van der Waals surface area contributed by atoms with Crippen molar-refractivity contribution in [2.45, 2.75) is 11.8 Å². The lowest BCUT2D eigenvalue weighted by atomic mass is 10.2. The van der Waals surface area contributed by atoms with E-state index in [4.69, 9.17) is 23.2 Å². The molecule has 22 heavy (non-hydrogen) atoms. The summed E-state index contributed by atoms with van der Waals surface area (Å²) >= 11 is 15.1. The zero-order valence-electron chi connectivity index (χ0n) is 11.5. The van der Waals surface area contributed by atoms with E-state index < -0.39 is 0 Å². The number of phenolic OH excluding ortho intramolecular Hbond substituents is 1. The first-order chi connectivity index (χ1) is 10.4. The molecule has 4 nitrogen and oxygen atoms in total. The van der Waals surface area contributed by atoms with E-state index in [1.54, 1.807) is 37.3 Å². The third kappa shape index (κ3) is 4.29. The van der Waals surface area contributed by atoms with Gasteiger partial charge in [-0.05, 0) is 37.3 Å². The second-order valence-corrected chi connectivity index (χ2v) is 6.80. The molecule has 0 aliphatic carbocycles. The molecule has 0 radical (unpaired) electrons. The Balaban J connectivity index is 2.22. The SMILES string of the molecule is CC(Br)C(=O)Nc1cc(O)c(Nc2ccc(Cl)cc2)cc1Cl. The van der Waals surface area contributed by atoms with Crippen LogP contribution in [0.5, 0.6) is 5.75 Å². The zero-order valence-corrected chi connectivity index (χ0v) is 14.6. The number of phenols is 1. The van der Waals surface area contributed by atoms with E-state index in [9.17, 15) is 9.90 Å². The summed E-state index contributed by atoms with van der Waals surface area (Å²) < 4.78 is 0. The summed E-state index contributed by atoms with van der Waals surface area (Å²) in [6.45, 7) is 1.69. The lowest BCUT2D eigenvalue weighted by Gasteiger charge is -2.13. The van der Waals surface area contributed by atoms with Gasteiger partial charge in [-0.15, -0.1) is 0 Å². The largest absolute Gasteiger partial charge is 0.506 e. The molecule has 0 aliphatic heterocycles. The van der Waals surface area contributed by atoms with E-state index in [0.717, 1.165) is 5.69 Å². The molecular formula is C15H13BrCl2N2O2. The molecule has 0 fully saturated rings. The van der Waals surface area contributed by atoms with Crippen molar-refractivity contribution in [2.24, 2.45) is 0 Å². The summed E-state index contributed by atoms with van der Waals surface area (Å²) in [6.07, 6.45) is 0. The van der Waals surface area contributed by atoms with Crippen LogP contribution in [0.3, 0.4) is 0 Å². The van der Waals surface area contributed by atoms with Crippen LogP contribution in [0.2, 0.25) is 10.0 Å². The number of anilines is 3. The van der Waals surface area contributed by atoms with Gasteiger partial charge in [0.2, 0.25) is 5.91 Å². The van der Waals surface area contributed by atoms with Crippen molar-refractivity contribution in [3.05, 3.63) is 46.4 Å². The van der Waals surface area contributed by atoms with Crippen molar-refractivity contribution in [2.75, 3.05) is 10.6 Å². The minimum absolute atomic E-state index is 0.0307. The molecule has 3 N–H and O–H groups in total. The van der Waals surface area contributed by atoms with Gasteiger partial charge in [-0.2, -0.15) is 0 Å². The lowest BCUT2D eigenvalue weighted by molar-refractivity contribution is -0.115. The molecular weight excluding hydrogens is 391 g/mol. The highest BCUT2D eigenvalue weighted by atomic mass is 79.9. The van der Waals surface area contributed by atoms with Gasteiger partial charge in [-0.1, -0.05) is 39.1 Å². The average molecular weight is 404 g/mol. The number of aromatic hydroxyl groups is 1. The zero-order chi connectivity index (χ0) is 16.3. The van der Waals surface area contributed by atoms with E-state index in [1.807, 2.05) is 0 Å². The molecule has 0 heterocycles. The Morgan fingerprint density at radius 1 is 1.18 bits per heavy atom. The number of hydrogen-bond acceptors (Lipinski definition) is 3. The second kappa shape index (κ2) is 7.22. The summed E-state index contributed by atoms with van der Waals surface area (Å²) in [7, 11) is 0. The summed E-state index contributed by atoms with van der Waals surface area (Å²) in [5.41, 5.74) is 1.52. The summed E-state index contributed by atoms with van der Waals surface area (Å²) in [5.74, 6) is -0.281. The maximum absolute atomic E-state index is 11.7. The molecule has 1 amide bonds. The minimum Gasteiger partial charge on any atom is -0.506 e. The van der Waals surface area contributed by atoms with Gasteiger partial charge in [0.05, 0.1) is 21.2 Å². The fourth-order valence-corrected chi connectivity index (χ4v) is 2.13. The van der Waals surface area contributed by atoms with Gasteiger partial charge in [0.1, 0.15) is 5.75 Å². The van der Waals surface area contributed by atoms with Crippen LogP contribution in [0.15, 0.2) is 36.4 Å².